The number of aldehydes is 1. The van der Waals surface area contributed by atoms with Crippen LogP contribution in [0.5, 0.6) is 5.75 Å². The molecule has 3 nitrogen and oxygen atoms in total. The molecule has 0 aliphatic heterocycles. The number of para-hydroxylation sites is 1. The molecule has 1 aromatic carbocycles. The predicted molar refractivity (Wildman–Crippen MR) is 71.7 cm³/mol. The summed E-state index contributed by atoms with van der Waals surface area (Å²) in [6.45, 7) is 3.57. The molecule has 0 amide bonds. The monoisotopic (exact) mass is 306 g/mol. The number of esters is 1. The van der Waals surface area contributed by atoms with Crippen molar-refractivity contribution in [3.8, 4) is 5.75 Å². The molecule has 0 heterocycles. The molecule has 0 N–H and O–H groups in total. The molecule has 0 fully saturated rings. The highest BCUT2D eigenvalue weighted by Crippen LogP contribution is 2.31. The van der Waals surface area contributed by atoms with Crippen LogP contribution in [0.15, 0.2) is 30.9 Å². The Bertz CT molecular complexity index is 478. The number of allylic oxidation sites excluding steroid dienone is 1. The van der Waals surface area contributed by atoms with Crippen LogP contribution in [-0.2, 0) is 11.2 Å². The van der Waals surface area contributed by atoms with Crippen LogP contribution in [0, 0.1) is 0 Å². The summed E-state index contributed by atoms with van der Waals surface area (Å²) < 4.78 is 2.78. The second kappa shape index (κ2) is 6.23. The molecule has 0 bridgehead atoms. The van der Waals surface area contributed by atoms with Gasteiger partial charge in [0.05, 0.1) is 5.56 Å². The summed E-state index contributed by atoms with van der Waals surface area (Å²) in [5.41, 5.74) is 0.814. The topological polar surface area (TPSA) is 43.4 Å². The van der Waals surface area contributed by atoms with E-state index in [0.717, 1.165) is 0 Å². The minimum Gasteiger partial charge on any atom is -0.422 e. The molecule has 1 rings (SSSR count). The summed E-state index contributed by atoms with van der Waals surface area (Å²) in [6.07, 6.45) is 2.59. The Balaban J connectivity index is 3.16. The van der Waals surface area contributed by atoms with Gasteiger partial charge in [0.25, 0.3) is 3.79 Å². The first kappa shape index (κ1) is 15.0. The molecule has 0 atom stereocenters. The van der Waals surface area contributed by atoms with E-state index in [-0.39, 0.29) is 11.3 Å². The van der Waals surface area contributed by atoms with Gasteiger partial charge >= 0.3 is 5.97 Å². The zero-order valence-corrected chi connectivity index (χ0v) is 11.4. The lowest BCUT2D eigenvalue weighted by atomic mass is 10.1. The van der Waals surface area contributed by atoms with Gasteiger partial charge in [-0.05, 0) is 18.1 Å². The van der Waals surface area contributed by atoms with E-state index in [9.17, 15) is 9.59 Å². The molecule has 18 heavy (non-hydrogen) atoms. The van der Waals surface area contributed by atoms with Crippen LogP contribution < -0.4 is 4.74 Å². The molecular formula is C12H9Cl3O3. The summed E-state index contributed by atoms with van der Waals surface area (Å²) >= 11 is 16.2. The molecule has 0 aromatic heterocycles. The number of benzene rings is 1. The highest BCUT2D eigenvalue weighted by Gasteiger charge is 2.34. The Hall–Kier alpha value is -1.03. The maximum Gasteiger partial charge on any atom is 0.363 e. The summed E-state index contributed by atoms with van der Waals surface area (Å²) in [7, 11) is 0. The zero-order chi connectivity index (χ0) is 13.8. The second-order valence-corrected chi connectivity index (χ2v) is 5.61. The van der Waals surface area contributed by atoms with E-state index in [2.05, 4.69) is 6.58 Å². The van der Waals surface area contributed by atoms with E-state index in [1.165, 1.54) is 6.07 Å². The van der Waals surface area contributed by atoms with Crippen molar-refractivity contribution < 1.29 is 14.3 Å². The maximum absolute atomic E-state index is 11.5. The number of carbonyl (C=O) groups is 2. The second-order valence-electron chi connectivity index (χ2n) is 3.33. The summed E-state index contributed by atoms with van der Waals surface area (Å²) in [5.74, 6) is -0.976. The lowest BCUT2D eigenvalue weighted by molar-refractivity contribution is -0.133. The Labute approximate surface area is 119 Å². The van der Waals surface area contributed by atoms with Crippen molar-refractivity contribution in [2.24, 2.45) is 0 Å². The van der Waals surface area contributed by atoms with Crippen LogP contribution in [-0.4, -0.2) is 16.0 Å². The van der Waals surface area contributed by atoms with Gasteiger partial charge in [-0.3, -0.25) is 4.79 Å². The molecule has 0 aliphatic rings. The number of alkyl halides is 3. The van der Waals surface area contributed by atoms with E-state index in [1.54, 1.807) is 18.2 Å². The van der Waals surface area contributed by atoms with Crippen LogP contribution in [0.25, 0.3) is 0 Å². The van der Waals surface area contributed by atoms with Crippen molar-refractivity contribution in [3.05, 3.63) is 42.0 Å². The number of halogens is 3. The lowest BCUT2D eigenvalue weighted by Gasteiger charge is -2.14. The van der Waals surface area contributed by atoms with Crippen LogP contribution in [0.2, 0.25) is 0 Å². The zero-order valence-electron chi connectivity index (χ0n) is 9.16. The van der Waals surface area contributed by atoms with Gasteiger partial charge in [-0.15, -0.1) is 6.58 Å². The number of rotatable bonds is 4. The molecule has 0 saturated carbocycles. The van der Waals surface area contributed by atoms with Crippen molar-refractivity contribution in [1.82, 2.24) is 0 Å². The number of hydrogen-bond donors (Lipinski definition) is 0. The number of hydrogen-bond acceptors (Lipinski definition) is 3. The Morgan fingerprint density at radius 1 is 1.39 bits per heavy atom. The smallest absolute Gasteiger partial charge is 0.363 e. The van der Waals surface area contributed by atoms with Crippen molar-refractivity contribution >= 4 is 47.1 Å². The Kier molecular flexibility index (Phi) is 5.20. The Morgan fingerprint density at radius 3 is 2.56 bits per heavy atom. The minimum atomic E-state index is -2.19. The fraction of sp³-hybridized carbons (Fsp3) is 0.167. The largest absolute Gasteiger partial charge is 0.422 e. The average Bonchev–Trinajstić information content (AvgIpc) is 2.30. The van der Waals surface area contributed by atoms with Crippen molar-refractivity contribution in [2.45, 2.75) is 10.2 Å². The van der Waals surface area contributed by atoms with Crippen LogP contribution in [0.4, 0.5) is 0 Å². The van der Waals surface area contributed by atoms with E-state index in [0.29, 0.717) is 18.3 Å². The van der Waals surface area contributed by atoms with E-state index < -0.39 is 9.76 Å². The van der Waals surface area contributed by atoms with Gasteiger partial charge in [-0.25, -0.2) is 4.79 Å². The molecule has 6 heteroatoms. The van der Waals surface area contributed by atoms with Crippen molar-refractivity contribution in [1.29, 1.82) is 0 Å². The molecule has 0 aliphatic carbocycles. The first-order chi connectivity index (χ1) is 8.40. The van der Waals surface area contributed by atoms with E-state index in [1.807, 2.05) is 0 Å². The van der Waals surface area contributed by atoms with Crippen LogP contribution in [0.1, 0.15) is 15.9 Å². The van der Waals surface area contributed by atoms with E-state index in [4.69, 9.17) is 39.5 Å². The fourth-order valence-corrected chi connectivity index (χ4v) is 1.40. The van der Waals surface area contributed by atoms with Gasteiger partial charge in [-0.1, -0.05) is 53.0 Å². The molecule has 0 unspecified atom stereocenters. The number of carbonyl (C=O) groups excluding carboxylic acids is 2. The molecular weight excluding hydrogens is 298 g/mol. The van der Waals surface area contributed by atoms with Crippen LogP contribution >= 0.6 is 34.8 Å². The molecule has 0 saturated heterocycles. The molecule has 0 spiro atoms. The highest BCUT2D eigenvalue weighted by molar-refractivity contribution is 6.75. The first-order valence-corrected chi connectivity index (χ1v) is 6.00. The van der Waals surface area contributed by atoms with Gasteiger partial charge in [-0.2, -0.15) is 0 Å². The van der Waals surface area contributed by atoms with Gasteiger partial charge in [0.2, 0.25) is 0 Å². The first-order valence-electron chi connectivity index (χ1n) is 4.87. The van der Waals surface area contributed by atoms with Crippen molar-refractivity contribution in [3.63, 3.8) is 0 Å². The summed E-state index contributed by atoms with van der Waals surface area (Å²) in [6, 6.07) is 4.85. The van der Waals surface area contributed by atoms with Gasteiger partial charge in [0.15, 0.2) is 6.29 Å². The van der Waals surface area contributed by atoms with Gasteiger partial charge < -0.3 is 4.74 Å². The normalized spacial score (nSPS) is 10.8. The van der Waals surface area contributed by atoms with Gasteiger partial charge in [0.1, 0.15) is 5.75 Å². The molecule has 1 aromatic rings. The number of ether oxygens (including phenoxy) is 1. The molecule has 96 valence electrons. The third-order valence-corrected chi connectivity index (χ3v) is 2.51. The Morgan fingerprint density at radius 2 is 2.06 bits per heavy atom. The SMILES string of the molecule is C=CCc1cccc(C=O)c1OC(=O)C(Cl)(Cl)Cl. The third-order valence-electron chi connectivity index (χ3n) is 2.04. The van der Waals surface area contributed by atoms with Crippen LogP contribution in [0.3, 0.4) is 0 Å². The third kappa shape index (κ3) is 3.73. The quantitative estimate of drug-likeness (QED) is 0.281. The standard InChI is InChI=1S/C12H9Cl3O3/c1-2-4-8-5-3-6-9(7-16)10(8)18-11(17)12(13,14)15/h2-3,5-7H,1,4H2. The minimum absolute atomic E-state index is 0.0868. The highest BCUT2D eigenvalue weighted by atomic mass is 35.6. The predicted octanol–water partition coefficient (Wildman–Crippen LogP) is 3.50. The fourth-order valence-electron chi connectivity index (χ4n) is 1.29. The summed E-state index contributed by atoms with van der Waals surface area (Å²) in [4.78, 5) is 22.4. The summed E-state index contributed by atoms with van der Waals surface area (Å²) in [5, 5.41) is 0. The average molecular weight is 308 g/mol. The maximum atomic E-state index is 11.5. The van der Waals surface area contributed by atoms with Gasteiger partial charge in [0, 0.05) is 0 Å². The lowest BCUT2D eigenvalue weighted by Crippen LogP contribution is -2.25. The molecule has 0 radical (unpaired) electrons. The van der Waals surface area contributed by atoms with E-state index >= 15 is 0 Å². The van der Waals surface area contributed by atoms with Crippen molar-refractivity contribution in [2.75, 3.05) is 0 Å².